The van der Waals surface area contributed by atoms with Crippen molar-refractivity contribution in [3.8, 4) is 0 Å². The monoisotopic (exact) mass is 560 g/mol. The predicted octanol–water partition coefficient (Wildman–Crippen LogP) is 9.10. The summed E-state index contributed by atoms with van der Waals surface area (Å²) in [6.07, 6.45) is 5.49. The van der Waals surface area contributed by atoms with E-state index in [2.05, 4.69) is 82.8 Å². The maximum absolute atomic E-state index is 9.44. The number of pyridine rings is 2. The number of aromatic nitrogens is 2. The minimum absolute atomic E-state index is 0.167. The third-order valence-electron chi connectivity index (χ3n) is 4.72. The standard InChI is InChI=1S/C10H8.2C9H7N.3C3H6O/c1-2-6-10-8-4-3-7-9(10)5-1;1-2-6-9-8(4-1)5-3-7-10-9;1-2-4-9-7-10-6-5-8(9)3-1;3*1-3(2)4/h1-8H;2*1-7H;3*1-2H3. The average molecular weight is 561 g/mol. The van der Waals surface area contributed by atoms with Gasteiger partial charge in [-0.2, -0.15) is 0 Å². The maximum Gasteiger partial charge on any atom is 0.126 e. The second-order valence-electron chi connectivity index (χ2n) is 9.49. The van der Waals surface area contributed by atoms with Crippen LogP contribution in [0.5, 0.6) is 0 Å². The van der Waals surface area contributed by atoms with Gasteiger partial charge < -0.3 is 14.4 Å². The van der Waals surface area contributed by atoms with Gasteiger partial charge in [0.15, 0.2) is 0 Å². The number of hydrogen-bond acceptors (Lipinski definition) is 5. The van der Waals surface area contributed by atoms with Crippen molar-refractivity contribution in [2.75, 3.05) is 0 Å². The van der Waals surface area contributed by atoms with Gasteiger partial charge in [0, 0.05) is 24.0 Å². The summed E-state index contributed by atoms with van der Waals surface area (Å²) < 4.78 is 0. The quantitative estimate of drug-likeness (QED) is 0.185. The fraction of sp³-hybridized carbons (Fsp3) is 0.162. The number of hydrogen-bond donors (Lipinski definition) is 0. The summed E-state index contributed by atoms with van der Waals surface area (Å²) in [4.78, 5) is 36.5. The highest BCUT2D eigenvalue weighted by atomic mass is 16.1. The number of para-hydroxylation sites is 1. The summed E-state index contributed by atoms with van der Waals surface area (Å²) in [5.74, 6) is 0.500. The van der Waals surface area contributed by atoms with Crippen LogP contribution in [0.1, 0.15) is 41.5 Å². The average Bonchev–Trinajstić information content (AvgIpc) is 2.97. The van der Waals surface area contributed by atoms with Crippen LogP contribution in [0.15, 0.2) is 134 Å². The van der Waals surface area contributed by atoms with Gasteiger partial charge in [-0.15, -0.1) is 0 Å². The lowest BCUT2D eigenvalue weighted by atomic mass is 10.1. The molecular formula is C37H40N2O3. The zero-order chi connectivity index (χ0) is 31.2. The molecule has 2 aromatic heterocycles. The highest BCUT2D eigenvalue weighted by Gasteiger charge is 1.87. The van der Waals surface area contributed by atoms with Gasteiger partial charge in [-0.05, 0) is 81.3 Å². The number of Topliss-reactive ketones (excluding diaryl/α,β-unsaturated/α-hetero) is 3. The Morgan fingerprint density at radius 2 is 0.738 bits per heavy atom. The van der Waals surface area contributed by atoms with Gasteiger partial charge >= 0.3 is 0 Å². The van der Waals surface area contributed by atoms with Gasteiger partial charge in [-0.25, -0.2) is 0 Å². The molecule has 216 valence electrons. The zero-order valence-electron chi connectivity index (χ0n) is 25.3. The molecule has 42 heavy (non-hydrogen) atoms. The Hall–Kier alpha value is -5.03. The van der Waals surface area contributed by atoms with Crippen LogP contribution >= 0.6 is 0 Å². The van der Waals surface area contributed by atoms with Crippen LogP contribution in [-0.4, -0.2) is 27.3 Å². The second kappa shape index (κ2) is 20.8. The highest BCUT2D eigenvalue weighted by Crippen LogP contribution is 2.11. The van der Waals surface area contributed by atoms with Crippen LogP contribution in [0.2, 0.25) is 0 Å². The van der Waals surface area contributed by atoms with E-state index >= 15 is 0 Å². The van der Waals surface area contributed by atoms with Crippen LogP contribution in [0.3, 0.4) is 0 Å². The first kappa shape index (κ1) is 35.0. The fourth-order valence-corrected chi connectivity index (χ4v) is 3.18. The van der Waals surface area contributed by atoms with Crippen molar-refractivity contribution in [2.24, 2.45) is 0 Å². The summed E-state index contributed by atoms with van der Waals surface area (Å²) in [5.41, 5.74) is 1.06. The van der Waals surface area contributed by atoms with E-state index in [1.165, 1.54) is 68.5 Å². The molecule has 0 saturated heterocycles. The second-order valence-corrected chi connectivity index (χ2v) is 9.49. The lowest BCUT2D eigenvalue weighted by molar-refractivity contribution is -0.115. The Morgan fingerprint density at radius 3 is 1.14 bits per heavy atom. The maximum atomic E-state index is 9.44. The van der Waals surface area contributed by atoms with E-state index in [1.807, 2.05) is 61.1 Å². The summed E-state index contributed by atoms with van der Waals surface area (Å²) in [7, 11) is 0. The first-order chi connectivity index (χ1) is 20.1. The van der Waals surface area contributed by atoms with E-state index < -0.39 is 0 Å². The van der Waals surface area contributed by atoms with E-state index in [1.54, 1.807) is 0 Å². The summed E-state index contributed by atoms with van der Waals surface area (Å²) in [6, 6.07) is 39.0. The molecule has 2 heterocycles. The van der Waals surface area contributed by atoms with Crippen LogP contribution in [0, 0.1) is 0 Å². The van der Waals surface area contributed by atoms with Crippen molar-refractivity contribution in [1.29, 1.82) is 0 Å². The number of rotatable bonds is 0. The molecule has 5 heteroatoms. The minimum Gasteiger partial charge on any atom is -0.300 e. The van der Waals surface area contributed by atoms with E-state index in [0.29, 0.717) is 0 Å². The van der Waals surface area contributed by atoms with Crippen LogP contribution in [-0.2, 0) is 14.4 Å². The third kappa shape index (κ3) is 16.8. The van der Waals surface area contributed by atoms with Crippen molar-refractivity contribution in [1.82, 2.24) is 9.97 Å². The van der Waals surface area contributed by atoms with Gasteiger partial charge in [-0.3, -0.25) is 9.97 Å². The van der Waals surface area contributed by atoms with Crippen LogP contribution in [0.4, 0.5) is 0 Å². The molecule has 0 radical (unpaired) electrons. The molecule has 0 aliphatic carbocycles. The number of carbonyl (C=O) groups excluding carboxylic acids is 3. The molecule has 4 aromatic carbocycles. The molecule has 0 spiro atoms. The number of fused-ring (bicyclic) bond motifs is 3. The smallest absolute Gasteiger partial charge is 0.126 e. The number of carbonyl (C=O) groups is 3. The van der Waals surface area contributed by atoms with Gasteiger partial charge in [0.2, 0.25) is 0 Å². The van der Waals surface area contributed by atoms with E-state index in [-0.39, 0.29) is 17.3 Å². The Morgan fingerprint density at radius 1 is 0.405 bits per heavy atom. The van der Waals surface area contributed by atoms with Gasteiger partial charge in [-0.1, -0.05) is 97.1 Å². The minimum atomic E-state index is 0.167. The highest BCUT2D eigenvalue weighted by molar-refractivity contribution is 5.82. The molecular weight excluding hydrogens is 520 g/mol. The molecule has 0 atom stereocenters. The molecule has 0 aliphatic heterocycles. The van der Waals surface area contributed by atoms with Crippen molar-refractivity contribution in [2.45, 2.75) is 41.5 Å². The first-order valence-electron chi connectivity index (χ1n) is 13.5. The summed E-state index contributed by atoms with van der Waals surface area (Å²) in [5, 5.41) is 6.27. The van der Waals surface area contributed by atoms with Gasteiger partial charge in [0.25, 0.3) is 0 Å². The Balaban J connectivity index is 0.000000266. The molecule has 0 unspecified atom stereocenters. The number of nitrogens with zero attached hydrogens (tertiary/aromatic N) is 2. The van der Waals surface area contributed by atoms with Crippen LogP contribution < -0.4 is 0 Å². The van der Waals surface area contributed by atoms with E-state index in [0.717, 1.165) is 5.52 Å². The SMILES string of the molecule is CC(C)=O.CC(C)=O.CC(C)=O.c1ccc2ccccc2c1.c1ccc2cnccc2c1.c1ccc2ncccc2c1. The lowest BCUT2D eigenvalue weighted by Gasteiger charge is -1.92. The molecule has 6 aromatic rings. The molecule has 0 aliphatic rings. The van der Waals surface area contributed by atoms with Crippen molar-refractivity contribution in [3.05, 3.63) is 134 Å². The molecule has 0 amide bonds. The number of ketones is 3. The normalized spacial score (nSPS) is 9.00. The van der Waals surface area contributed by atoms with E-state index in [4.69, 9.17) is 0 Å². The molecule has 5 nitrogen and oxygen atoms in total. The predicted molar refractivity (Wildman–Crippen MR) is 176 cm³/mol. The molecule has 6 rings (SSSR count). The fourth-order valence-electron chi connectivity index (χ4n) is 3.18. The van der Waals surface area contributed by atoms with Gasteiger partial charge in [0.05, 0.1) is 5.52 Å². The Kier molecular flexibility index (Phi) is 17.3. The molecule has 0 bridgehead atoms. The Bertz CT molecular complexity index is 1260. The molecule has 0 saturated carbocycles. The topological polar surface area (TPSA) is 77.0 Å². The van der Waals surface area contributed by atoms with Crippen molar-refractivity contribution in [3.63, 3.8) is 0 Å². The first-order valence-corrected chi connectivity index (χ1v) is 13.5. The largest absolute Gasteiger partial charge is 0.300 e. The van der Waals surface area contributed by atoms with Crippen molar-refractivity contribution >= 4 is 49.8 Å². The van der Waals surface area contributed by atoms with E-state index in [9.17, 15) is 14.4 Å². The lowest BCUT2D eigenvalue weighted by Crippen LogP contribution is -1.73. The zero-order valence-corrected chi connectivity index (χ0v) is 25.3. The molecule has 0 N–H and O–H groups in total. The van der Waals surface area contributed by atoms with Gasteiger partial charge in [0.1, 0.15) is 17.3 Å². The van der Waals surface area contributed by atoms with Crippen molar-refractivity contribution < 1.29 is 14.4 Å². The summed E-state index contributed by atoms with van der Waals surface area (Å²) >= 11 is 0. The number of benzene rings is 4. The summed E-state index contributed by atoms with van der Waals surface area (Å²) in [6.45, 7) is 9.17. The Labute approximate surface area is 249 Å². The molecule has 0 fully saturated rings. The third-order valence-corrected chi connectivity index (χ3v) is 4.72. The van der Waals surface area contributed by atoms with Crippen LogP contribution in [0.25, 0.3) is 32.4 Å².